The van der Waals surface area contributed by atoms with Crippen molar-refractivity contribution < 1.29 is 13.9 Å². The van der Waals surface area contributed by atoms with Gasteiger partial charge >= 0.3 is 0 Å². The molecule has 0 radical (unpaired) electrons. The molecule has 1 N–H and O–H groups in total. The second kappa shape index (κ2) is 9.60. The van der Waals surface area contributed by atoms with Crippen molar-refractivity contribution in [3.63, 3.8) is 0 Å². The van der Waals surface area contributed by atoms with Gasteiger partial charge in [0.15, 0.2) is 10.9 Å². The average Bonchev–Trinajstić information content (AvgIpc) is 3.44. The maximum atomic E-state index is 13.0. The van der Waals surface area contributed by atoms with E-state index in [0.717, 1.165) is 29.4 Å². The molecule has 31 heavy (non-hydrogen) atoms. The largest absolute Gasteiger partial charge is 0.495 e. The standard InChI is InChI=1S/C23H28N4O3S/c1-15-11-12-19(29-3)18(14-15)24-22(28)16(2)31-23-26-25-21(20-10-7-13-30-20)27(23)17-8-5-4-6-9-17/h7,10-14,16-17H,4-6,8-9H2,1-3H3,(H,24,28). The molecule has 1 aromatic carbocycles. The molecule has 2 aromatic heterocycles. The normalized spacial score (nSPS) is 15.6. The lowest BCUT2D eigenvalue weighted by atomic mass is 9.95. The summed E-state index contributed by atoms with van der Waals surface area (Å²) >= 11 is 1.42. The van der Waals surface area contributed by atoms with Crippen LogP contribution < -0.4 is 10.1 Å². The molecule has 1 aliphatic carbocycles. The van der Waals surface area contributed by atoms with Crippen LogP contribution in [0.4, 0.5) is 5.69 Å². The SMILES string of the molecule is COc1ccc(C)cc1NC(=O)C(C)Sc1nnc(-c2ccco2)n1C1CCCCC1. The van der Waals surface area contributed by atoms with E-state index in [0.29, 0.717) is 23.2 Å². The molecule has 1 amide bonds. The highest BCUT2D eigenvalue weighted by Crippen LogP contribution is 2.37. The first kappa shape index (κ1) is 21.5. The number of carbonyl (C=O) groups excluding carboxylic acids is 1. The zero-order chi connectivity index (χ0) is 21.8. The van der Waals surface area contributed by atoms with E-state index in [2.05, 4.69) is 20.1 Å². The Kier molecular flexibility index (Phi) is 6.65. The number of hydrogen-bond acceptors (Lipinski definition) is 6. The van der Waals surface area contributed by atoms with Crippen molar-refractivity contribution in [1.82, 2.24) is 14.8 Å². The number of amides is 1. The number of methoxy groups -OCH3 is 1. The zero-order valence-corrected chi connectivity index (χ0v) is 18.9. The Hall–Kier alpha value is -2.74. The van der Waals surface area contributed by atoms with Crippen LogP contribution in [0.1, 0.15) is 50.6 Å². The number of aromatic nitrogens is 3. The lowest BCUT2D eigenvalue weighted by Crippen LogP contribution is -2.24. The monoisotopic (exact) mass is 440 g/mol. The van der Waals surface area contributed by atoms with Crippen molar-refractivity contribution in [3.8, 4) is 17.3 Å². The van der Waals surface area contributed by atoms with E-state index < -0.39 is 0 Å². The second-order valence-electron chi connectivity index (χ2n) is 7.90. The molecule has 1 fully saturated rings. The van der Waals surface area contributed by atoms with Gasteiger partial charge in [-0.1, -0.05) is 37.1 Å². The number of thioether (sulfide) groups is 1. The molecule has 1 saturated carbocycles. The summed E-state index contributed by atoms with van der Waals surface area (Å²) in [6, 6.07) is 9.80. The average molecular weight is 441 g/mol. The maximum Gasteiger partial charge on any atom is 0.237 e. The minimum absolute atomic E-state index is 0.105. The van der Waals surface area contributed by atoms with E-state index in [4.69, 9.17) is 9.15 Å². The molecule has 3 aromatic rings. The van der Waals surface area contributed by atoms with E-state index in [1.165, 1.54) is 31.0 Å². The van der Waals surface area contributed by atoms with E-state index in [-0.39, 0.29) is 11.2 Å². The lowest BCUT2D eigenvalue weighted by molar-refractivity contribution is -0.115. The van der Waals surface area contributed by atoms with Gasteiger partial charge in [-0.25, -0.2) is 0 Å². The third kappa shape index (κ3) is 4.79. The summed E-state index contributed by atoms with van der Waals surface area (Å²) in [6.45, 7) is 3.87. The van der Waals surface area contributed by atoms with Crippen LogP contribution in [0, 0.1) is 6.92 Å². The molecule has 1 atom stereocenters. The summed E-state index contributed by atoms with van der Waals surface area (Å²) in [5, 5.41) is 12.2. The fourth-order valence-corrected chi connectivity index (χ4v) is 4.88. The number of ether oxygens (including phenoxy) is 1. The summed E-state index contributed by atoms with van der Waals surface area (Å²) in [5.41, 5.74) is 1.72. The van der Waals surface area contributed by atoms with Crippen LogP contribution >= 0.6 is 11.8 Å². The van der Waals surface area contributed by atoms with E-state index >= 15 is 0 Å². The Morgan fingerprint density at radius 1 is 1.26 bits per heavy atom. The van der Waals surface area contributed by atoms with Gasteiger partial charge in [-0.15, -0.1) is 10.2 Å². The predicted molar refractivity (Wildman–Crippen MR) is 122 cm³/mol. The minimum Gasteiger partial charge on any atom is -0.495 e. The number of aryl methyl sites for hydroxylation is 1. The topological polar surface area (TPSA) is 82.2 Å². The van der Waals surface area contributed by atoms with Crippen molar-refractivity contribution in [2.24, 2.45) is 0 Å². The number of anilines is 1. The van der Waals surface area contributed by atoms with Gasteiger partial charge < -0.3 is 14.5 Å². The van der Waals surface area contributed by atoms with Crippen LogP contribution in [0.2, 0.25) is 0 Å². The van der Waals surface area contributed by atoms with Crippen molar-refractivity contribution in [3.05, 3.63) is 42.2 Å². The number of nitrogens with zero attached hydrogens (tertiary/aromatic N) is 3. The number of nitrogens with one attached hydrogen (secondary N) is 1. The molecule has 164 valence electrons. The van der Waals surface area contributed by atoms with E-state index in [9.17, 15) is 4.79 Å². The number of benzene rings is 1. The smallest absolute Gasteiger partial charge is 0.237 e. The molecule has 7 nitrogen and oxygen atoms in total. The Morgan fingerprint density at radius 3 is 2.77 bits per heavy atom. The van der Waals surface area contributed by atoms with Crippen LogP contribution in [0.5, 0.6) is 5.75 Å². The molecule has 4 rings (SSSR count). The number of rotatable bonds is 7. The Bertz CT molecular complexity index is 1030. The Labute approximate surface area is 186 Å². The third-order valence-electron chi connectivity index (χ3n) is 5.61. The van der Waals surface area contributed by atoms with Crippen LogP contribution in [-0.2, 0) is 4.79 Å². The first-order chi connectivity index (χ1) is 15.1. The first-order valence-electron chi connectivity index (χ1n) is 10.7. The Morgan fingerprint density at radius 2 is 2.06 bits per heavy atom. The molecule has 0 aliphatic heterocycles. The number of hydrogen-bond donors (Lipinski definition) is 1. The highest BCUT2D eigenvalue weighted by Gasteiger charge is 2.27. The van der Waals surface area contributed by atoms with Gasteiger partial charge in [0.2, 0.25) is 11.7 Å². The van der Waals surface area contributed by atoms with Crippen molar-refractivity contribution in [1.29, 1.82) is 0 Å². The maximum absolute atomic E-state index is 13.0. The molecule has 8 heteroatoms. The van der Waals surface area contributed by atoms with E-state index in [1.54, 1.807) is 13.4 Å². The van der Waals surface area contributed by atoms with Gasteiger partial charge in [0, 0.05) is 6.04 Å². The van der Waals surface area contributed by atoms with Gasteiger partial charge in [0.1, 0.15) is 5.75 Å². The van der Waals surface area contributed by atoms with Gasteiger partial charge in [-0.05, 0) is 56.5 Å². The fourth-order valence-electron chi connectivity index (χ4n) is 3.97. The van der Waals surface area contributed by atoms with Gasteiger partial charge in [-0.3, -0.25) is 9.36 Å². The third-order valence-corrected chi connectivity index (χ3v) is 6.67. The Balaban J connectivity index is 1.56. The molecule has 0 bridgehead atoms. The predicted octanol–water partition coefficient (Wildman–Crippen LogP) is 5.48. The number of carbonyl (C=O) groups is 1. The molecule has 0 saturated heterocycles. The van der Waals surface area contributed by atoms with Crippen LogP contribution in [0.15, 0.2) is 46.2 Å². The summed E-state index contributed by atoms with van der Waals surface area (Å²) in [6.07, 6.45) is 7.45. The fraction of sp³-hybridized carbons (Fsp3) is 0.435. The summed E-state index contributed by atoms with van der Waals surface area (Å²) in [4.78, 5) is 13.0. The zero-order valence-electron chi connectivity index (χ0n) is 18.1. The van der Waals surface area contributed by atoms with Crippen molar-refractivity contribution in [2.75, 3.05) is 12.4 Å². The van der Waals surface area contributed by atoms with Gasteiger partial charge in [0.25, 0.3) is 0 Å². The molecule has 2 heterocycles. The van der Waals surface area contributed by atoms with Crippen molar-refractivity contribution in [2.45, 2.75) is 62.4 Å². The number of furan rings is 1. The van der Waals surface area contributed by atoms with Gasteiger partial charge in [-0.2, -0.15) is 0 Å². The second-order valence-corrected chi connectivity index (χ2v) is 9.21. The van der Waals surface area contributed by atoms with E-state index in [1.807, 2.05) is 44.2 Å². The van der Waals surface area contributed by atoms with Crippen LogP contribution in [0.3, 0.4) is 0 Å². The summed E-state index contributed by atoms with van der Waals surface area (Å²) < 4.78 is 13.2. The summed E-state index contributed by atoms with van der Waals surface area (Å²) in [7, 11) is 1.60. The first-order valence-corrected chi connectivity index (χ1v) is 11.6. The van der Waals surface area contributed by atoms with Crippen LogP contribution in [-0.4, -0.2) is 33.0 Å². The molecule has 1 aliphatic rings. The lowest BCUT2D eigenvalue weighted by Gasteiger charge is -2.25. The highest BCUT2D eigenvalue weighted by atomic mass is 32.2. The van der Waals surface area contributed by atoms with Crippen molar-refractivity contribution >= 4 is 23.4 Å². The van der Waals surface area contributed by atoms with Gasteiger partial charge in [0.05, 0.1) is 24.3 Å². The summed E-state index contributed by atoms with van der Waals surface area (Å²) in [5.74, 6) is 1.96. The molecule has 0 spiro atoms. The highest BCUT2D eigenvalue weighted by molar-refractivity contribution is 8.00. The van der Waals surface area contributed by atoms with Crippen LogP contribution in [0.25, 0.3) is 11.6 Å². The molecule has 1 unspecified atom stereocenters. The quantitative estimate of drug-likeness (QED) is 0.490. The minimum atomic E-state index is -0.360. The molecular formula is C23H28N4O3S. The molecular weight excluding hydrogens is 412 g/mol.